The SMILES string of the molecule is N#Cc1ccccc1Cc1cnc(NC(=O)OCc2ccccc2)s1. The molecule has 0 radical (unpaired) electrons. The first kappa shape index (κ1) is 16.7. The van der Waals surface area contributed by atoms with Crippen LogP contribution in [0.1, 0.15) is 21.6 Å². The second-order valence-corrected chi connectivity index (χ2v) is 6.38. The fraction of sp³-hybridized carbons (Fsp3) is 0.105. The number of ether oxygens (including phenoxy) is 1. The lowest BCUT2D eigenvalue weighted by Crippen LogP contribution is -2.13. The molecule has 6 heteroatoms. The molecule has 124 valence electrons. The van der Waals surface area contributed by atoms with Gasteiger partial charge in [-0.15, -0.1) is 11.3 Å². The van der Waals surface area contributed by atoms with Crippen LogP contribution in [-0.2, 0) is 17.8 Å². The van der Waals surface area contributed by atoms with Gasteiger partial charge in [-0.25, -0.2) is 9.78 Å². The molecule has 0 saturated carbocycles. The first-order chi connectivity index (χ1) is 12.2. The maximum atomic E-state index is 11.8. The Morgan fingerprint density at radius 1 is 1.16 bits per heavy atom. The Kier molecular flexibility index (Phi) is 5.39. The molecule has 1 amide bonds. The number of hydrogen-bond acceptors (Lipinski definition) is 5. The van der Waals surface area contributed by atoms with Gasteiger partial charge in [0.1, 0.15) is 6.61 Å². The smallest absolute Gasteiger partial charge is 0.413 e. The first-order valence-corrected chi connectivity index (χ1v) is 8.46. The zero-order valence-corrected chi connectivity index (χ0v) is 14.1. The Balaban J connectivity index is 1.56. The highest BCUT2D eigenvalue weighted by Crippen LogP contribution is 2.22. The Hall–Kier alpha value is -3.17. The van der Waals surface area contributed by atoms with Crippen molar-refractivity contribution in [3.8, 4) is 6.07 Å². The summed E-state index contributed by atoms with van der Waals surface area (Å²) in [7, 11) is 0. The molecule has 5 nitrogen and oxygen atoms in total. The van der Waals surface area contributed by atoms with Gasteiger partial charge in [0.2, 0.25) is 0 Å². The fourth-order valence-electron chi connectivity index (χ4n) is 2.26. The summed E-state index contributed by atoms with van der Waals surface area (Å²) in [6, 6.07) is 19.1. The third-order valence-corrected chi connectivity index (χ3v) is 4.39. The fourth-order valence-corrected chi connectivity index (χ4v) is 3.09. The van der Waals surface area contributed by atoms with Crippen molar-refractivity contribution in [3.63, 3.8) is 0 Å². The van der Waals surface area contributed by atoms with Crippen molar-refractivity contribution in [2.24, 2.45) is 0 Å². The molecule has 1 heterocycles. The highest BCUT2D eigenvalue weighted by Gasteiger charge is 2.10. The Morgan fingerprint density at radius 3 is 2.72 bits per heavy atom. The molecule has 0 saturated heterocycles. The number of amides is 1. The average molecular weight is 349 g/mol. The molecule has 0 atom stereocenters. The van der Waals surface area contributed by atoms with E-state index in [1.165, 1.54) is 11.3 Å². The third kappa shape index (κ3) is 4.66. The molecule has 0 aliphatic heterocycles. The maximum absolute atomic E-state index is 11.8. The summed E-state index contributed by atoms with van der Waals surface area (Å²) in [4.78, 5) is 17.0. The van der Waals surface area contributed by atoms with Crippen LogP contribution in [0.3, 0.4) is 0 Å². The van der Waals surface area contributed by atoms with Crippen molar-refractivity contribution in [2.75, 3.05) is 5.32 Å². The monoisotopic (exact) mass is 349 g/mol. The summed E-state index contributed by atoms with van der Waals surface area (Å²) >= 11 is 1.36. The predicted molar refractivity (Wildman–Crippen MR) is 96.3 cm³/mol. The van der Waals surface area contributed by atoms with Crippen molar-refractivity contribution in [1.29, 1.82) is 5.26 Å². The number of aromatic nitrogens is 1. The van der Waals surface area contributed by atoms with Crippen LogP contribution in [-0.4, -0.2) is 11.1 Å². The van der Waals surface area contributed by atoms with Gasteiger partial charge in [-0.05, 0) is 17.2 Å². The predicted octanol–water partition coefficient (Wildman–Crippen LogP) is 4.35. The molecular weight excluding hydrogens is 334 g/mol. The first-order valence-electron chi connectivity index (χ1n) is 7.65. The van der Waals surface area contributed by atoms with Crippen LogP contribution >= 0.6 is 11.3 Å². The topological polar surface area (TPSA) is 75.0 Å². The van der Waals surface area contributed by atoms with Crippen LogP contribution in [0.15, 0.2) is 60.8 Å². The van der Waals surface area contributed by atoms with Crippen molar-refractivity contribution < 1.29 is 9.53 Å². The third-order valence-electron chi connectivity index (χ3n) is 3.48. The second-order valence-electron chi connectivity index (χ2n) is 5.26. The van der Waals surface area contributed by atoms with E-state index in [4.69, 9.17) is 10.00 Å². The molecule has 3 rings (SSSR count). The van der Waals surface area contributed by atoms with Gasteiger partial charge in [-0.1, -0.05) is 48.5 Å². The summed E-state index contributed by atoms with van der Waals surface area (Å²) in [5.74, 6) is 0. The number of anilines is 1. The van der Waals surface area contributed by atoms with E-state index in [1.54, 1.807) is 12.3 Å². The van der Waals surface area contributed by atoms with E-state index in [0.29, 0.717) is 17.1 Å². The lowest BCUT2D eigenvalue weighted by molar-refractivity contribution is 0.155. The van der Waals surface area contributed by atoms with E-state index in [0.717, 1.165) is 16.0 Å². The van der Waals surface area contributed by atoms with Gasteiger partial charge in [0.05, 0.1) is 11.6 Å². The summed E-state index contributed by atoms with van der Waals surface area (Å²) in [5.41, 5.74) is 2.50. The van der Waals surface area contributed by atoms with E-state index in [2.05, 4.69) is 16.4 Å². The number of thiazole rings is 1. The molecule has 0 fully saturated rings. The van der Waals surface area contributed by atoms with Crippen molar-refractivity contribution >= 4 is 22.6 Å². The van der Waals surface area contributed by atoms with Crippen molar-refractivity contribution in [1.82, 2.24) is 4.98 Å². The van der Waals surface area contributed by atoms with Gasteiger partial charge >= 0.3 is 6.09 Å². The van der Waals surface area contributed by atoms with Crippen LogP contribution < -0.4 is 5.32 Å². The van der Waals surface area contributed by atoms with Gasteiger partial charge in [0, 0.05) is 17.5 Å². The van der Waals surface area contributed by atoms with E-state index >= 15 is 0 Å². The number of nitrogens with one attached hydrogen (secondary N) is 1. The quantitative estimate of drug-likeness (QED) is 0.743. The highest BCUT2D eigenvalue weighted by atomic mass is 32.1. The Labute approximate surface area is 149 Å². The van der Waals surface area contributed by atoms with Crippen LogP contribution in [0.25, 0.3) is 0 Å². The van der Waals surface area contributed by atoms with Crippen LogP contribution in [0, 0.1) is 11.3 Å². The normalized spacial score (nSPS) is 10.0. The number of nitrogens with zero attached hydrogens (tertiary/aromatic N) is 2. The molecule has 3 aromatic rings. The summed E-state index contributed by atoms with van der Waals surface area (Å²) in [6.07, 6.45) is 1.76. The van der Waals surface area contributed by atoms with Gasteiger partial charge in [-0.3, -0.25) is 5.32 Å². The van der Waals surface area contributed by atoms with Crippen LogP contribution in [0.5, 0.6) is 0 Å². The Morgan fingerprint density at radius 2 is 1.92 bits per heavy atom. The largest absolute Gasteiger partial charge is 0.444 e. The molecule has 0 bridgehead atoms. The maximum Gasteiger partial charge on any atom is 0.413 e. The average Bonchev–Trinajstić information content (AvgIpc) is 3.08. The van der Waals surface area contributed by atoms with Gasteiger partial charge < -0.3 is 4.74 Å². The lowest BCUT2D eigenvalue weighted by Gasteiger charge is -2.04. The van der Waals surface area contributed by atoms with Crippen molar-refractivity contribution in [3.05, 3.63) is 82.4 Å². The second kappa shape index (κ2) is 8.08. The molecule has 0 aliphatic rings. The minimum atomic E-state index is -0.540. The minimum absolute atomic E-state index is 0.209. The number of rotatable bonds is 5. The molecule has 0 spiro atoms. The van der Waals surface area contributed by atoms with E-state index in [9.17, 15) is 4.79 Å². The van der Waals surface area contributed by atoms with Gasteiger partial charge in [0.25, 0.3) is 0 Å². The van der Waals surface area contributed by atoms with Gasteiger partial charge in [-0.2, -0.15) is 5.26 Å². The number of benzene rings is 2. The van der Waals surface area contributed by atoms with Crippen molar-refractivity contribution in [2.45, 2.75) is 13.0 Å². The zero-order chi connectivity index (χ0) is 17.5. The summed E-state index contributed by atoms with van der Waals surface area (Å²) in [6.45, 7) is 0.209. The van der Waals surface area contributed by atoms with E-state index in [1.807, 2.05) is 48.5 Å². The molecular formula is C19H15N3O2S. The van der Waals surface area contributed by atoms with Crippen LogP contribution in [0.4, 0.5) is 9.93 Å². The molecule has 25 heavy (non-hydrogen) atoms. The highest BCUT2D eigenvalue weighted by molar-refractivity contribution is 7.15. The lowest BCUT2D eigenvalue weighted by atomic mass is 10.1. The van der Waals surface area contributed by atoms with E-state index in [-0.39, 0.29) is 6.61 Å². The molecule has 0 unspecified atom stereocenters. The number of carbonyl (C=O) groups excluding carboxylic acids is 1. The van der Waals surface area contributed by atoms with E-state index < -0.39 is 6.09 Å². The van der Waals surface area contributed by atoms with Gasteiger partial charge in [0.15, 0.2) is 5.13 Å². The summed E-state index contributed by atoms with van der Waals surface area (Å²) in [5, 5.41) is 12.2. The molecule has 1 N–H and O–H groups in total. The van der Waals surface area contributed by atoms with Crippen LogP contribution in [0.2, 0.25) is 0 Å². The summed E-state index contributed by atoms with van der Waals surface area (Å²) < 4.78 is 5.17. The molecule has 1 aromatic heterocycles. The molecule has 2 aromatic carbocycles. The number of nitriles is 1. The zero-order valence-electron chi connectivity index (χ0n) is 13.3. The molecule has 0 aliphatic carbocycles. The minimum Gasteiger partial charge on any atom is -0.444 e. The Bertz CT molecular complexity index is 900. The number of hydrogen-bond donors (Lipinski definition) is 1. The number of carbonyl (C=O) groups is 1. The standard InChI is InChI=1S/C19H15N3O2S/c20-11-16-9-5-4-8-15(16)10-17-12-21-18(25-17)22-19(23)24-13-14-6-2-1-3-7-14/h1-9,12H,10,13H2,(H,21,22,23).